The lowest BCUT2D eigenvalue weighted by Crippen LogP contribution is -2.31. The van der Waals surface area contributed by atoms with Crippen molar-refractivity contribution in [2.75, 3.05) is 0 Å². The summed E-state index contributed by atoms with van der Waals surface area (Å²) in [5.41, 5.74) is 0. The van der Waals surface area contributed by atoms with Crippen molar-refractivity contribution in [1.29, 1.82) is 0 Å². The monoisotopic (exact) mass is 256 g/mol. The van der Waals surface area contributed by atoms with E-state index in [1.54, 1.807) is 0 Å². The van der Waals surface area contributed by atoms with Crippen LogP contribution in [0.4, 0.5) is 0 Å². The van der Waals surface area contributed by atoms with Gasteiger partial charge >= 0.3 is 23.9 Å². The van der Waals surface area contributed by atoms with Gasteiger partial charge in [0.15, 0.2) is 0 Å². The Kier molecular flexibility index (Phi) is 5.00. The van der Waals surface area contributed by atoms with Crippen LogP contribution in [0, 0.1) is 11.8 Å². The highest BCUT2D eigenvalue weighted by Crippen LogP contribution is 2.30. The normalized spacial score (nSPS) is 23.0. The fraction of sp³-hybridized carbons (Fsp3) is 0.667. The number of hydrogen-bond acceptors (Lipinski definition) is 6. The van der Waals surface area contributed by atoms with E-state index in [0.717, 1.165) is 13.8 Å². The zero-order chi connectivity index (χ0) is 13.7. The lowest BCUT2D eigenvalue weighted by atomic mass is 9.81. The first-order valence-corrected chi connectivity index (χ1v) is 5.84. The number of rotatable bonds is 2. The molecule has 6 heteroatoms. The molecule has 0 aromatic carbocycles. The van der Waals surface area contributed by atoms with Crippen LogP contribution in [0.2, 0.25) is 0 Å². The van der Waals surface area contributed by atoms with Gasteiger partial charge < -0.3 is 9.47 Å². The lowest BCUT2D eigenvalue weighted by Gasteiger charge is -2.25. The maximum absolute atomic E-state index is 11.5. The first-order chi connectivity index (χ1) is 8.40. The Bertz CT molecular complexity index is 339. The predicted molar refractivity (Wildman–Crippen MR) is 59.0 cm³/mol. The van der Waals surface area contributed by atoms with E-state index in [4.69, 9.17) is 0 Å². The summed E-state index contributed by atoms with van der Waals surface area (Å²) in [7, 11) is 0. The van der Waals surface area contributed by atoms with Gasteiger partial charge in [0.05, 0.1) is 11.8 Å². The Morgan fingerprint density at radius 2 is 1.22 bits per heavy atom. The number of esters is 4. The van der Waals surface area contributed by atoms with E-state index in [-0.39, 0.29) is 6.42 Å². The first kappa shape index (κ1) is 14.3. The van der Waals surface area contributed by atoms with Crippen LogP contribution in [0.15, 0.2) is 0 Å². The molecule has 0 spiro atoms. The van der Waals surface area contributed by atoms with E-state index in [9.17, 15) is 19.2 Å². The van der Waals surface area contributed by atoms with Crippen molar-refractivity contribution in [3.05, 3.63) is 0 Å². The first-order valence-electron chi connectivity index (χ1n) is 5.84. The van der Waals surface area contributed by atoms with E-state index in [2.05, 4.69) is 9.47 Å². The zero-order valence-corrected chi connectivity index (χ0v) is 10.4. The largest absolute Gasteiger partial charge is 0.393 e. The highest BCUT2D eigenvalue weighted by Gasteiger charge is 2.33. The molecule has 0 aromatic rings. The summed E-state index contributed by atoms with van der Waals surface area (Å²) >= 11 is 0. The van der Waals surface area contributed by atoms with Gasteiger partial charge in [-0.25, -0.2) is 0 Å². The molecule has 0 aliphatic heterocycles. The lowest BCUT2D eigenvalue weighted by molar-refractivity contribution is -0.164. The van der Waals surface area contributed by atoms with Gasteiger partial charge in [-0.05, 0) is 19.3 Å². The van der Waals surface area contributed by atoms with Crippen molar-refractivity contribution >= 4 is 23.9 Å². The molecule has 0 heterocycles. The third-order valence-corrected chi connectivity index (χ3v) is 2.83. The Labute approximate surface area is 105 Å². The second-order valence-electron chi connectivity index (χ2n) is 4.39. The Balaban J connectivity index is 2.55. The highest BCUT2D eigenvalue weighted by molar-refractivity contribution is 5.88. The molecular weight excluding hydrogens is 240 g/mol. The van der Waals surface area contributed by atoms with Gasteiger partial charge in [0.1, 0.15) is 0 Å². The van der Waals surface area contributed by atoms with Gasteiger partial charge in [-0.15, -0.1) is 0 Å². The Morgan fingerprint density at radius 1 is 0.833 bits per heavy atom. The van der Waals surface area contributed by atoms with Crippen molar-refractivity contribution in [3.63, 3.8) is 0 Å². The second kappa shape index (κ2) is 6.28. The summed E-state index contributed by atoms with van der Waals surface area (Å²) in [6.45, 7) is 2.31. The van der Waals surface area contributed by atoms with Gasteiger partial charge in [0, 0.05) is 13.8 Å². The highest BCUT2D eigenvalue weighted by atomic mass is 16.6. The number of carbonyl (C=O) groups is 4. The molecule has 0 N–H and O–H groups in total. The van der Waals surface area contributed by atoms with Crippen molar-refractivity contribution < 1.29 is 28.7 Å². The summed E-state index contributed by atoms with van der Waals surface area (Å²) in [6, 6.07) is 0. The number of carbonyl (C=O) groups excluding carboxylic acids is 4. The molecule has 2 atom stereocenters. The van der Waals surface area contributed by atoms with E-state index in [0.29, 0.717) is 19.3 Å². The van der Waals surface area contributed by atoms with Crippen LogP contribution >= 0.6 is 0 Å². The Hall–Kier alpha value is -1.72. The average molecular weight is 256 g/mol. The van der Waals surface area contributed by atoms with Crippen molar-refractivity contribution in [2.24, 2.45) is 11.8 Å². The summed E-state index contributed by atoms with van der Waals surface area (Å²) in [5.74, 6) is -3.49. The molecule has 1 aliphatic carbocycles. The fourth-order valence-corrected chi connectivity index (χ4v) is 2.07. The predicted octanol–water partition coefficient (Wildman–Crippen LogP) is 0.972. The number of hydrogen-bond donors (Lipinski definition) is 0. The van der Waals surface area contributed by atoms with Crippen molar-refractivity contribution in [3.8, 4) is 0 Å². The van der Waals surface area contributed by atoms with Gasteiger partial charge in [-0.2, -0.15) is 0 Å². The molecule has 100 valence electrons. The summed E-state index contributed by atoms with van der Waals surface area (Å²) in [5, 5.41) is 0. The molecule has 0 saturated heterocycles. The van der Waals surface area contributed by atoms with E-state index >= 15 is 0 Å². The molecule has 1 fully saturated rings. The minimum Gasteiger partial charge on any atom is -0.393 e. The third-order valence-electron chi connectivity index (χ3n) is 2.83. The van der Waals surface area contributed by atoms with Crippen LogP contribution in [0.3, 0.4) is 0 Å². The van der Waals surface area contributed by atoms with Gasteiger partial charge in [-0.1, -0.05) is 6.42 Å². The smallest absolute Gasteiger partial charge is 0.316 e. The fourth-order valence-electron chi connectivity index (χ4n) is 2.07. The minimum absolute atomic E-state index is 0.262. The molecule has 1 rings (SSSR count). The van der Waals surface area contributed by atoms with Gasteiger partial charge in [0.2, 0.25) is 0 Å². The second-order valence-corrected chi connectivity index (χ2v) is 4.39. The molecule has 0 amide bonds. The molecular formula is C12H16O6. The van der Waals surface area contributed by atoms with Crippen LogP contribution in [-0.4, -0.2) is 23.9 Å². The Morgan fingerprint density at radius 3 is 1.56 bits per heavy atom. The van der Waals surface area contributed by atoms with E-state index in [1.807, 2.05) is 0 Å². The molecule has 2 unspecified atom stereocenters. The molecule has 1 aliphatic rings. The average Bonchev–Trinajstić information content (AvgIpc) is 2.27. The van der Waals surface area contributed by atoms with Crippen LogP contribution in [-0.2, 0) is 28.7 Å². The van der Waals surface area contributed by atoms with Gasteiger partial charge in [-0.3, -0.25) is 19.2 Å². The van der Waals surface area contributed by atoms with Crippen molar-refractivity contribution in [1.82, 2.24) is 0 Å². The van der Waals surface area contributed by atoms with Crippen LogP contribution in [0.25, 0.3) is 0 Å². The van der Waals surface area contributed by atoms with Gasteiger partial charge in [0.25, 0.3) is 0 Å². The quantitative estimate of drug-likeness (QED) is 0.540. The maximum Gasteiger partial charge on any atom is 0.316 e. The molecule has 0 radical (unpaired) electrons. The standard InChI is InChI=1S/C12H16O6/c1-7(13)17-11(15)9-4-3-5-10(6-9)12(16)18-8(2)14/h9-10H,3-6H2,1-2H3. The molecule has 18 heavy (non-hydrogen) atoms. The van der Waals surface area contributed by atoms with Crippen molar-refractivity contribution in [2.45, 2.75) is 39.5 Å². The van der Waals surface area contributed by atoms with Crippen LogP contribution in [0.1, 0.15) is 39.5 Å². The SMILES string of the molecule is CC(=O)OC(=O)C1CCCC(C(=O)OC(C)=O)C1. The molecule has 0 aromatic heterocycles. The molecule has 6 nitrogen and oxygen atoms in total. The summed E-state index contributed by atoms with van der Waals surface area (Å²) in [6.07, 6.45) is 2.08. The van der Waals surface area contributed by atoms with E-state index < -0.39 is 35.7 Å². The summed E-state index contributed by atoms with van der Waals surface area (Å²) < 4.78 is 9.00. The minimum atomic E-state index is -0.659. The molecule has 0 bridgehead atoms. The summed E-state index contributed by atoms with van der Waals surface area (Å²) in [4.78, 5) is 44.4. The number of ether oxygens (including phenoxy) is 2. The molecule has 1 saturated carbocycles. The zero-order valence-electron chi connectivity index (χ0n) is 10.4. The topological polar surface area (TPSA) is 86.7 Å². The van der Waals surface area contributed by atoms with Crippen LogP contribution < -0.4 is 0 Å². The maximum atomic E-state index is 11.5. The third kappa shape index (κ3) is 4.27. The van der Waals surface area contributed by atoms with E-state index in [1.165, 1.54) is 0 Å². The van der Waals surface area contributed by atoms with Crippen LogP contribution in [0.5, 0.6) is 0 Å².